The molecule has 3 rings (SSSR count). The minimum absolute atomic E-state index is 0.0336. The number of amides is 1. The quantitative estimate of drug-likeness (QED) is 0.650. The molecule has 1 amide bonds. The van der Waals surface area contributed by atoms with Gasteiger partial charge in [0.05, 0.1) is 12.2 Å². The molecular weight excluding hydrogens is 407 g/mol. The number of aromatic nitrogens is 2. The number of ether oxygens (including phenoxy) is 1. The van der Waals surface area contributed by atoms with E-state index in [0.29, 0.717) is 16.3 Å². The molecule has 1 N–H and O–H groups in total. The van der Waals surface area contributed by atoms with Gasteiger partial charge in [0.2, 0.25) is 5.91 Å². The van der Waals surface area contributed by atoms with Gasteiger partial charge in [0.25, 0.3) is 0 Å². The smallest absolute Gasteiger partial charge is 0.435 e. The fourth-order valence-corrected chi connectivity index (χ4v) is 4.08. The second-order valence-electron chi connectivity index (χ2n) is 6.96. The third-order valence-corrected chi connectivity index (χ3v) is 5.89. The number of aryl methyl sites for hydroxylation is 2. The SMILES string of the molecule is CCOC(=O)c1c(NC(=O)CCn2nc(C(F)(F)F)cc2C2CC2)sc(C)c1C. The third kappa shape index (κ3) is 4.80. The van der Waals surface area contributed by atoms with Gasteiger partial charge < -0.3 is 10.1 Å². The van der Waals surface area contributed by atoms with E-state index in [2.05, 4.69) is 10.4 Å². The first-order valence-corrected chi connectivity index (χ1v) is 10.1. The van der Waals surface area contributed by atoms with Gasteiger partial charge in [0.15, 0.2) is 5.69 Å². The van der Waals surface area contributed by atoms with E-state index in [1.54, 1.807) is 13.8 Å². The van der Waals surface area contributed by atoms with Gasteiger partial charge in [0.1, 0.15) is 5.00 Å². The molecule has 1 aliphatic carbocycles. The number of hydrogen-bond donors (Lipinski definition) is 1. The monoisotopic (exact) mass is 429 g/mol. The molecule has 2 heterocycles. The Bertz CT molecular complexity index is 929. The normalized spacial score (nSPS) is 14.1. The van der Waals surface area contributed by atoms with Crippen molar-refractivity contribution in [2.75, 3.05) is 11.9 Å². The molecule has 2 aromatic heterocycles. The van der Waals surface area contributed by atoms with Gasteiger partial charge >= 0.3 is 12.1 Å². The molecule has 1 aliphatic rings. The topological polar surface area (TPSA) is 73.2 Å². The number of rotatable bonds is 7. The zero-order chi connectivity index (χ0) is 21.3. The molecule has 6 nitrogen and oxygen atoms in total. The molecule has 1 fully saturated rings. The van der Waals surface area contributed by atoms with Gasteiger partial charge in [-0.1, -0.05) is 0 Å². The van der Waals surface area contributed by atoms with Crippen LogP contribution in [0.5, 0.6) is 0 Å². The summed E-state index contributed by atoms with van der Waals surface area (Å²) in [6.07, 6.45) is -2.92. The second kappa shape index (κ2) is 8.17. The number of esters is 1. The fraction of sp³-hybridized carbons (Fsp3) is 0.526. The van der Waals surface area contributed by atoms with Crippen molar-refractivity contribution >= 4 is 28.2 Å². The number of alkyl halides is 3. The van der Waals surface area contributed by atoms with Crippen molar-refractivity contribution in [1.29, 1.82) is 0 Å². The van der Waals surface area contributed by atoms with Crippen molar-refractivity contribution in [2.24, 2.45) is 0 Å². The van der Waals surface area contributed by atoms with Crippen LogP contribution in [0.25, 0.3) is 0 Å². The molecule has 0 radical (unpaired) electrons. The zero-order valence-electron chi connectivity index (χ0n) is 16.4. The van der Waals surface area contributed by atoms with Gasteiger partial charge in [-0.15, -0.1) is 11.3 Å². The van der Waals surface area contributed by atoms with Crippen molar-refractivity contribution in [3.8, 4) is 0 Å². The Balaban J connectivity index is 1.71. The maximum Gasteiger partial charge on any atom is 0.435 e. The number of anilines is 1. The Morgan fingerprint density at radius 1 is 1.34 bits per heavy atom. The van der Waals surface area contributed by atoms with E-state index >= 15 is 0 Å². The maximum atomic E-state index is 13.0. The van der Waals surface area contributed by atoms with Gasteiger partial charge in [-0.05, 0) is 45.2 Å². The van der Waals surface area contributed by atoms with Crippen molar-refractivity contribution in [1.82, 2.24) is 9.78 Å². The summed E-state index contributed by atoms with van der Waals surface area (Å²) >= 11 is 1.27. The van der Waals surface area contributed by atoms with Crippen LogP contribution in [-0.2, 0) is 22.3 Å². The molecule has 10 heteroatoms. The average molecular weight is 429 g/mol. The third-order valence-electron chi connectivity index (χ3n) is 4.77. The first kappa shape index (κ1) is 21.4. The molecule has 0 saturated heterocycles. The van der Waals surface area contributed by atoms with E-state index in [9.17, 15) is 22.8 Å². The minimum atomic E-state index is -4.52. The number of nitrogens with one attached hydrogen (secondary N) is 1. The molecule has 158 valence electrons. The standard InChI is InChI=1S/C19H22F3N3O3S/c1-4-28-18(27)16-10(2)11(3)29-17(16)23-15(26)7-8-25-13(12-5-6-12)9-14(24-25)19(20,21)22/h9,12H,4-8H2,1-3H3,(H,23,26). The Hall–Kier alpha value is -2.36. The van der Waals surface area contributed by atoms with Crippen LogP contribution in [0, 0.1) is 13.8 Å². The van der Waals surface area contributed by atoms with Gasteiger partial charge in [0, 0.05) is 29.5 Å². The predicted molar refractivity (Wildman–Crippen MR) is 102 cm³/mol. The molecule has 1 saturated carbocycles. The molecule has 0 unspecified atom stereocenters. The number of carbonyl (C=O) groups is 2. The molecule has 0 bridgehead atoms. The molecule has 0 aromatic carbocycles. The highest BCUT2D eigenvalue weighted by atomic mass is 32.1. The number of thiophene rings is 1. The number of hydrogen-bond acceptors (Lipinski definition) is 5. The lowest BCUT2D eigenvalue weighted by molar-refractivity contribution is -0.141. The maximum absolute atomic E-state index is 13.0. The Labute approximate surface area is 170 Å². The summed E-state index contributed by atoms with van der Waals surface area (Å²) in [6.45, 7) is 5.55. The second-order valence-corrected chi connectivity index (χ2v) is 8.18. The number of nitrogens with zero attached hydrogens (tertiary/aromatic N) is 2. The van der Waals surface area contributed by atoms with Gasteiger partial charge in [-0.3, -0.25) is 9.48 Å². The average Bonchev–Trinajstić information content (AvgIpc) is 3.31. The summed E-state index contributed by atoms with van der Waals surface area (Å²) in [7, 11) is 0. The van der Waals surface area contributed by atoms with Crippen LogP contribution < -0.4 is 5.32 Å². The highest BCUT2D eigenvalue weighted by molar-refractivity contribution is 7.16. The highest BCUT2D eigenvalue weighted by Crippen LogP contribution is 2.42. The summed E-state index contributed by atoms with van der Waals surface area (Å²) in [6, 6.07) is 1.07. The number of carbonyl (C=O) groups excluding carboxylic acids is 2. The van der Waals surface area contributed by atoms with E-state index in [4.69, 9.17) is 4.74 Å². The first-order valence-electron chi connectivity index (χ1n) is 9.33. The minimum Gasteiger partial charge on any atom is -0.462 e. The van der Waals surface area contributed by atoms with Crippen molar-refractivity contribution < 1.29 is 27.5 Å². The summed E-state index contributed by atoms with van der Waals surface area (Å²) in [5.41, 5.74) is 0.635. The summed E-state index contributed by atoms with van der Waals surface area (Å²) in [5.74, 6) is -0.843. The van der Waals surface area contributed by atoms with E-state index in [1.807, 2.05) is 6.92 Å². The lowest BCUT2D eigenvalue weighted by Gasteiger charge is -2.09. The Kier molecular flexibility index (Phi) is 6.02. The van der Waals surface area contributed by atoms with Crippen molar-refractivity contribution in [3.05, 3.63) is 33.5 Å². The Morgan fingerprint density at radius 2 is 2.03 bits per heavy atom. The molecule has 0 aliphatic heterocycles. The van der Waals surface area contributed by atoms with Crippen molar-refractivity contribution in [3.63, 3.8) is 0 Å². The first-order chi connectivity index (χ1) is 13.6. The van der Waals surface area contributed by atoms with Crippen LogP contribution in [0.2, 0.25) is 0 Å². The van der Waals surface area contributed by atoms with Crippen LogP contribution in [0.1, 0.15) is 64.3 Å². The Morgan fingerprint density at radius 3 is 2.62 bits per heavy atom. The molecule has 29 heavy (non-hydrogen) atoms. The summed E-state index contributed by atoms with van der Waals surface area (Å²) in [4.78, 5) is 25.5. The predicted octanol–water partition coefficient (Wildman–Crippen LogP) is 4.66. The summed E-state index contributed by atoms with van der Waals surface area (Å²) < 4.78 is 45.3. The van der Waals surface area contributed by atoms with Crippen LogP contribution in [0.15, 0.2) is 6.07 Å². The van der Waals surface area contributed by atoms with E-state index in [-0.39, 0.29) is 25.5 Å². The van der Waals surface area contributed by atoms with Gasteiger partial charge in [-0.2, -0.15) is 18.3 Å². The molecule has 0 atom stereocenters. The van der Waals surface area contributed by atoms with Crippen LogP contribution >= 0.6 is 11.3 Å². The van der Waals surface area contributed by atoms with Crippen molar-refractivity contribution in [2.45, 2.75) is 58.7 Å². The zero-order valence-corrected chi connectivity index (χ0v) is 17.2. The van der Waals surface area contributed by atoms with Crippen LogP contribution in [-0.4, -0.2) is 28.3 Å². The van der Waals surface area contributed by atoms with E-state index in [1.165, 1.54) is 16.0 Å². The largest absolute Gasteiger partial charge is 0.462 e. The number of halogens is 3. The molecular formula is C19H22F3N3O3S. The summed E-state index contributed by atoms with van der Waals surface area (Å²) in [5, 5.41) is 6.74. The fourth-order valence-electron chi connectivity index (χ4n) is 3.02. The highest BCUT2D eigenvalue weighted by Gasteiger charge is 2.37. The van der Waals surface area contributed by atoms with E-state index in [0.717, 1.165) is 29.3 Å². The lowest BCUT2D eigenvalue weighted by atomic mass is 10.1. The lowest BCUT2D eigenvalue weighted by Crippen LogP contribution is -2.18. The van der Waals surface area contributed by atoms with Crippen LogP contribution in [0.3, 0.4) is 0 Å². The van der Waals surface area contributed by atoms with Crippen LogP contribution in [0.4, 0.5) is 18.2 Å². The molecule has 0 spiro atoms. The van der Waals surface area contributed by atoms with E-state index < -0.39 is 23.7 Å². The van der Waals surface area contributed by atoms with Gasteiger partial charge in [-0.25, -0.2) is 4.79 Å². The molecule has 2 aromatic rings.